The molecule has 132 valence electrons. The van der Waals surface area contributed by atoms with E-state index >= 15 is 0 Å². The van der Waals surface area contributed by atoms with E-state index in [4.69, 9.17) is 9.84 Å². The molecule has 3 aromatic rings. The first-order chi connectivity index (χ1) is 11.9. The Labute approximate surface area is 141 Å². The number of benzene rings is 1. The van der Waals surface area contributed by atoms with Crippen molar-refractivity contribution in [3.63, 3.8) is 0 Å². The average molecular weight is 351 g/mol. The highest BCUT2D eigenvalue weighted by atomic mass is 19.4. The van der Waals surface area contributed by atoms with Crippen LogP contribution in [0.5, 0.6) is 5.75 Å². The van der Waals surface area contributed by atoms with Gasteiger partial charge >= 0.3 is 6.18 Å². The summed E-state index contributed by atoms with van der Waals surface area (Å²) in [7, 11) is 1.21. The Morgan fingerprint density at radius 3 is 2.72 bits per heavy atom. The molecule has 0 aliphatic carbocycles. The van der Waals surface area contributed by atoms with Crippen LogP contribution in [0.3, 0.4) is 0 Å². The van der Waals surface area contributed by atoms with Gasteiger partial charge in [0.25, 0.3) is 0 Å². The molecule has 5 nitrogen and oxygen atoms in total. The summed E-state index contributed by atoms with van der Waals surface area (Å²) in [5.74, 6) is 0.234. The lowest BCUT2D eigenvalue weighted by atomic mass is 10.00. The fourth-order valence-electron chi connectivity index (χ4n) is 2.65. The fourth-order valence-corrected chi connectivity index (χ4v) is 2.65. The average Bonchev–Trinajstić information content (AvgIpc) is 3.06. The van der Waals surface area contributed by atoms with Gasteiger partial charge in [0.15, 0.2) is 0 Å². The van der Waals surface area contributed by atoms with Gasteiger partial charge in [-0.05, 0) is 35.4 Å². The second-order valence-electron chi connectivity index (χ2n) is 5.36. The molecule has 0 unspecified atom stereocenters. The maximum atomic E-state index is 13.3. The zero-order valence-corrected chi connectivity index (χ0v) is 13.3. The summed E-state index contributed by atoms with van der Waals surface area (Å²) in [6, 6.07) is 7.36. The molecule has 0 saturated heterocycles. The monoisotopic (exact) mass is 351 g/mol. The number of halogens is 3. The highest BCUT2D eigenvalue weighted by Crippen LogP contribution is 2.40. The van der Waals surface area contributed by atoms with Crippen LogP contribution in [-0.4, -0.2) is 35.3 Å². The number of pyridine rings is 1. The van der Waals surface area contributed by atoms with Gasteiger partial charge in [-0.2, -0.15) is 13.2 Å². The molecule has 8 heteroatoms. The van der Waals surface area contributed by atoms with Crippen molar-refractivity contribution >= 4 is 16.9 Å². The zero-order valence-electron chi connectivity index (χ0n) is 13.3. The molecule has 0 aliphatic rings. The number of hydrogen-bond donors (Lipinski definition) is 3. The number of hydrogen-bond acceptors (Lipinski definition) is 4. The molecule has 1 aromatic carbocycles. The SMILES string of the molecule is COc1ccc(-c2cc(NCCO)nc3[nH]ccc23)cc1C(F)(F)F. The maximum absolute atomic E-state index is 13.3. The molecule has 0 aliphatic heterocycles. The lowest BCUT2D eigenvalue weighted by Crippen LogP contribution is -2.08. The second kappa shape index (κ2) is 6.64. The maximum Gasteiger partial charge on any atom is 0.419 e. The number of fused-ring (bicyclic) bond motifs is 1. The third-order valence-corrected chi connectivity index (χ3v) is 3.76. The lowest BCUT2D eigenvalue weighted by molar-refractivity contribution is -0.138. The number of aromatic amines is 1. The van der Waals surface area contributed by atoms with Crippen LogP contribution in [0.15, 0.2) is 36.5 Å². The van der Waals surface area contributed by atoms with Crippen molar-refractivity contribution in [3.05, 3.63) is 42.1 Å². The molecule has 2 heterocycles. The molecule has 2 aromatic heterocycles. The van der Waals surface area contributed by atoms with Gasteiger partial charge in [0.2, 0.25) is 0 Å². The van der Waals surface area contributed by atoms with Crippen molar-refractivity contribution in [2.24, 2.45) is 0 Å². The molecule has 0 radical (unpaired) electrons. The first-order valence-electron chi connectivity index (χ1n) is 7.52. The van der Waals surface area contributed by atoms with Crippen LogP contribution in [0.4, 0.5) is 19.0 Å². The minimum absolute atomic E-state index is 0.0828. The molecule has 25 heavy (non-hydrogen) atoms. The zero-order chi connectivity index (χ0) is 18.0. The van der Waals surface area contributed by atoms with Crippen molar-refractivity contribution in [1.82, 2.24) is 9.97 Å². The van der Waals surface area contributed by atoms with Crippen LogP contribution >= 0.6 is 0 Å². The number of ether oxygens (including phenoxy) is 1. The molecule has 0 saturated carbocycles. The summed E-state index contributed by atoms with van der Waals surface area (Å²) in [5.41, 5.74) is 0.701. The fraction of sp³-hybridized carbons (Fsp3) is 0.235. The normalized spacial score (nSPS) is 11.7. The van der Waals surface area contributed by atoms with Gasteiger partial charge in [-0.25, -0.2) is 4.98 Å². The minimum Gasteiger partial charge on any atom is -0.496 e. The Hall–Kier alpha value is -2.74. The quantitative estimate of drug-likeness (QED) is 0.656. The van der Waals surface area contributed by atoms with Crippen LogP contribution in [0.1, 0.15) is 5.56 Å². The van der Waals surface area contributed by atoms with Crippen LogP contribution in [0.2, 0.25) is 0 Å². The summed E-state index contributed by atoms with van der Waals surface area (Å²) in [6.07, 6.45) is -2.85. The van der Waals surface area contributed by atoms with E-state index in [1.165, 1.54) is 13.2 Å². The van der Waals surface area contributed by atoms with Gasteiger partial charge in [0.05, 0.1) is 19.3 Å². The summed E-state index contributed by atoms with van der Waals surface area (Å²) in [6.45, 7) is 0.204. The largest absolute Gasteiger partial charge is 0.496 e. The topological polar surface area (TPSA) is 70.2 Å². The molecule has 3 N–H and O–H groups in total. The second-order valence-corrected chi connectivity index (χ2v) is 5.36. The van der Waals surface area contributed by atoms with Gasteiger partial charge in [-0.1, -0.05) is 6.07 Å². The predicted molar refractivity (Wildman–Crippen MR) is 88.7 cm³/mol. The number of anilines is 1. The number of rotatable bonds is 5. The van der Waals surface area contributed by atoms with E-state index in [1.54, 1.807) is 24.4 Å². The van der Waals surface area contributed by atoms with Crippen LogP contribution in [0, 0.1) is 0 Å². The molecule has 0 amide bonds. The number of methoxy groups -OCH3 is 1. The van der Waals surface area contributed by atoms with E-state index in [9.17, 15) is 13.2 Å². The third-order valence-electron chi connectivity index (χ3n) is 3.76. The molecule has 0 atom stereocenters. The summed E-state index contributed by atoms with van der Waals surface area (Å²) in [4.78, 5) is 7.29. The minimum atomic E-state index is -4.52. The standard InChI is InChI=1S/C17H16F3N3O2/c1-25-14-3-2-10(8-13(14)17(18,19)20)12-9-15(21-6-7-24)23-16-11(12)4-5-22-16/h2-5,8-9,24H,6-7H2,1H3,(H2,21,22,23). The van der Waals surface area contributed by atoms with Crippen molar-refractivity contribution in [1.29, 1.82) is 0 Å². The summed E-state index contributed by atoms with van der Waals surface area (Å²) < 4.78 is 44.7. The van der Waals surface area contributed by atoms with E-state index in [0.717, 1.165) is 6.07 Å². The van der Waals surface area contributed by atoms with Gasteiger partial charge in [-0.15, -0.1) is 0 Å². The number of aliphatic hydroxyl groups is 1. The van der Waals surface area contributed by atoms with Crippen molar-refractivity contribution in [2.45, 2.75) is 6.18 Å². The third kappa shape index (κ3) is 3.39. The highest BCUT2D eigenvalue weighted by molar-refractivity contribution is 5.95. The van der Waals surface area contributed by atoms with E-state index < -0.39 is 11.7 Å². The number of nitrogens with one attached hydrogen (secondary N) is 2. The molecule has 0 spiro atoms. The number of aromatic nitrogens is 2. The van der Waals surface area contributed by atoms with Crippen molar-refractivity contribution in [3.8, 4) is 16.9 Å². The number of nitrogens with zero attached hydrogens (tertiary/aromatic N) is 1. The van der Waals surface area contributed by atoms with Crippen LogP contribution in [-0.2, 0) is 6.18 Å². The van der Waals surface area contributed by atoms with Gasteiger partial charge in [-0.3, -0.25) is 0 Å². The molecular weight excluding hydrogens is 335 g/mol. The van der Waals surface area contributed by atoms with E-state index in [1.807, 2.05) is 0 Å². The summed E-state index contributed by atoms with van der Waals surface area (Å²) >= 11 is 0. The Kier molecular flexibility index (Phi) is 4.54. The highest BCUT2D eigenvalue weighted by Gasteiger charge is 2.34. The van der Waals surface area contributed by atoms with E-state index in [2.05, 4.69) is 15.3 Å². The Balaban J connectivity index is 2.17. The van der Waals surface area contributed by atoms with Crippen molar-refractivity contribution in [2.75, 3.05) is 25.6 Å². The first kappa shape index (κ1) is 17.1. The lowest BCUT2D eigenvalue weighted by Gasteiger charge is -2.14. The molecular formula is C17H16F3N3O2. The first-order valence-corrected chi connectivity index (χ1v) is 7.52. The number of aliphatic hydroxyl groups excluding tert-OH is 1. The van der Waals surface area contributed by atoms with E-state index in [-0.39, 0.29) is 18.9 Å². The smallest absolute Gasteiger partial charge is 0.419 e. The predicted octanol–water partition coefficient (Wildman–Crippen LogP) is 3.66. The molecule has 0 bridgehead atoms. The van der Waals surface area contributed by atoms with Crippen LogP contribution < -0.4 is 10.1 Å². The Morgan fingerprint density at radius 1 is 1.24 bits per heavy atom. The Morgan fingerprint density at radius 2 is 2.04 bits per heavy atom. The molecule has 3 rings (SSSR count). The van der Waals surface area contributed by atoms with Gasteiger partial charge in [0, 0.05) is 18.1 Å². The van der Waals surface area contributed by atoms with Crippen molar-refractivity contribution < 1.29 is 23.0 Å². The van der Waals surface area contributed by atoms with Gasteiger partial charge in [0.1, 0.15) is 17.2 Å². The van der Waals surface area contributed by atoms with E-state index in [0.29, 0.717) is 28.0 Å². The number of H-pyrrole nitrogens is 1. The van der Waals surface area contributed by atoms with Gasteiger partial charge < -0.3 is 20.1 Å². The number of alkyl halides is 3. The summed E-state index contributed by atoms with van der Waals surface area (Å²) in [5, 5.41) is 12.6. The Bertz CT molecular complexity index is 890. The van der Waals surface area contributed by atoms with Crippen LogP contribution in [0.25, 0.3) is 22.2 Å². The molecule has 0 fully saturated rings.